The SMILES string of the molecule is CNc1nc(CSC2CCCCC2)no1. The molecule has 1 aromatic rings. The smallest absolute Gasteiger partial charge is 0.321 e. The molecule has 0 atom stereocenters. The Balaban J connectivity index is 1.76. The van der Waals surface area contributed by atoms with Crippen molar-refractivity contribution < 1.29 is 4.52 Å². The summed E-state index contributed by atoms with van der Waals surface area (Å²) in [4.78, 5) is 4.20. The van der Waals surface area contributed by atoms with Crippen LogP contribution in [0.2, 0.25) is 0 Å². The van der Waals surface area contributed by atoms with Gasteiger partial charge >= 0.3 is 6.01 Å². The van der Waals surface area contributed by atoms with Crippen LogP contribution in [0.3, 0.4) is 0 Å². The lowest BCUT2D eigenvalue weighted by Gasteiger charge is -2.19. The first-order chi connectivity index (χ1) is 7.38. The predicted molar refractivity (Wildman–Crippen MR) is 62.0 cm³/mol. The van der Waals surface area contributed by atoms with Gasteiger partial charge in [0.15, 0.2) is 5.82 Å². The standard InChI is InChI=1S/C10H17N3OS/c1-11-10-12-9(13-14-10)7-15-8-5-3-2-4-6-8/h8H,2-7H2,1H3,(H,11,12,13). The van der Waals surface area contributed by atoms with Gasteiger partial charge in [-0.15, -0.1) is 0 Å². The normalized spacial score (nSPS) is 17.9. The Morgan fingerprint density at radius 3 is 2.87 bits per heavy atom. The zero-order chi connectivity index (χ0) is 10.5. The van der Waals surface area contributed by atoms with Crippen molar-refractivity contribution in [2.24, 2.45) is 0 Å². The Hall–Kier alpha value is -0.710. The van der Waals surface area contributed by atoms with Crippen molar-refractivity contribution in [2.45, 2.75) is 43.1 Å². The Morgan fingerprint density at radius 2 is 2.20 bits per heavy atom. The maximum atomic E-state index is 4.97. The molecule has 1 aliphatic rings. The molecule has 0 spiro atoms. The number of rotatable bonds is 4. The van der Waals surface area contributed by atoms with Gasteiger partial charge in [-0.05, 0) is 12.8 Å². The molecule has 1 aliphatic carbocycles. The Bertz CT molecular complexity index is 297. The van der Waals surface area contributed by atoms with Crippen LogP contribution in [-0.2, 0) is 5.75 Å². The number of thioether (sulfide) groups is 1. The van der Waals surface area contributed by atoms with Crippen LogP contribution in [0.4, 0.5) is 6.01 Å². The molecule has 0 saturated heterocycles. The van der Waals surface area contributed by atoms with E-state index in [1.165, 1.54) is 32.1 Å². The van der Waals surface area contributed by atoms with Crippen molar-refractivity contribution in [3.8, 4) is 0 Å². The second-order valence-electron chi connectivity index (χ2n) is 3.84. The highest BCUT2D eigenvalue weighted by atomic mass is 32.2. The minimum absolute atomic E-state index is 0.509. The third kappa shape index (κ3) is 3.12. The van der Waals surface area contributed by atoms with E-state index in [4.69, 9.17) is 4.52 Å². The Morgan fingerprint density at radius 1 is 1.40 bits per heavy atom. The van der Waals surface area contributed by atoms with Crippen LogP contribution in [0.1, 0.15) is 37.9 Å². The van der Waals surface area contributed by atoms with E-state index in [1.54, 1.807) is 7.05 Å². The molecule has 0 bridgehead atoms. The van der Waals surface area contributed by atoms with Crippen molar-refractivity contribution in [1.29, 1.82) is 0 Å². The number of nitrogens with zero attached hydrogens (tertiary/aromatic N) is 2. The molecule has 0 radical (unpaired) electrons. The lowest BCUT2D eigenvalue weighted by molar-refractivity contribution is 0.427. The molecule has 1 saturated carbocycles. The summed E-state index contributed by atoms with van der Waals surface area (Å²) < 4.78 is 4.97. The number of aromatic nitrogens is 2. The highest BCUT2D eigenvalue weighted by molar-refractivity contribution is 7.99. The Kier molecular flexibility index (Phi) is 3.88. The first-order valence-electron chi connectivity index (χ1n) is 5.50. The molecule has 0 amide bonds. The highest BCUT2D eigenvalue weighted by Gasteiger charge is 2.15. The van der Waals surface area contributed by atoms with Gasteiger partial charge in [0.05, 0.1) is 5.75 Å². The molecule has 0 unspecified atom stereocenters. The van der Waals surface area contributed by atoms with E-state index in [2.05, 4.69) is 15.5 Å². The van der Waals surface area contributed by atoms with Gasteiger partial charge in [0, 0.05) is 12.3 Å². The zero-order valence-corrected chi connectivity index (χ0v) is 9.85. The van der Waals surface area contributed by atoms with E-state index < -0.39 is 0 Å². The molecule has 4 nitrogen and oxygen atoms in total. The first kappa shape index (κ1) is 10.8. The van der Waals surface area contributed by atoms with Crippen LogP contribution in [0.25, 0.3) is 0 Å². The largest absolute Gasteiger partial charge is 0.341 e. The minimum atomic E-state index is 0.509. The molecule has 0 aromatic carbocycles. The molecular weight excluding hydrogens is 210 g/mol. The van der Waals surface area contributed by atoms with Crippen LogP contribution < -0.4 is 5.32 Å². The van der Waals surface area contributed by atoms with E-state index in [9.17, 15) is 0 Å². The molecule has 1 fully saturated rings. The number of nitrogens with one attached hydrogen (secondary N) is 1. The number of hydrogen-bond acceptors (Lipinski definition) is 5. The predicted octanol–water partition coefficient (Wildman–Crippen LogP) is 2.68. The third-order valence-electron chi connectivity index (χ3n) is 2.68. The van der Waals surface area contributed by atoms with Crippen molar-refractivity contribution in [3.63, 3.8) is 0 Å². The molecule has 84 valence electrons. The van der Waals surface area contributed by atoms with Crippen molar-refractivity contribution in [2.75, 3.05) is 12.4 Å². The third-order valence-corrected chi connectivity index (χ3v) is 4.05. The average Bonchev–Trinajstić information content (AvgIpc) is 2.76. The second-order valence-corrected chi connectivity index (χ2v) is 5.13. The quantitative estimate of drug-likeness (QED) is 0.857. The molecule has 1 N–H and O–H groups in total. The van der Waals surface area contributed by atoms with Crippen molar-refractivity contribution >= 4 is 17.8 Å². The first-order valence-corrected chi connectivity index (χ1v) is 6.55. The van der Waals surface area contributed by atoms with E-state index >= 15 is 0 Å². The summed E-state index contributed by atoms with van der Waals surface area (Å²) in [5.41, 5.74) is 0. The monoisotopic (exact) mass is 227 g/mol. The van der Waals surface area contributed by atoms with E-state index in [0.717, 1.165) is 16.8 Å². The maximum Gasteiger partial charge on any atom is 0.321 e. The number of anilines is 1. The fourth-order valence-electron chi connectivity index (χ4n) is 1.84. The average molecular weight is 227 g/mol. The highest BCUT2D eigenvalue weighted by Crippen LogP contribution is 2.29. The molecule has 0 aliphatic heterocycles. The number of hydrogen-bond donors (Lipinski definition) is 1. The molecule has 1 aromatic heterocycles. The summed E-state index contributed by atoms with van der Waals surface area (Å²) in [6.45, 7) is 0. The summed E-state index contributed by atoms with van der Waals surface area (Å²) >= 11 is 1.96. The molecular formula is C10H17N3OS. The van der Waals surface area contributed by atoms with Crippen LogP contribution in [0.15, 0.2) is 4.52 Å². The summed E-state index contributed by atoms with van der Waals surface area (Å²) in [7, 11) is 1.78. The summed E-state index contributed by atoms with van der Waals surface area (Å²) in [5.74, 6) is 1.67. The fourth-order valence-corrected chi connectivity index (χ4v) is 3.01. The molecule has 5 heteroatoms. The maximum absolute atomic E-state index is 4.97. The van der Waals surface area contributed by atoms with E-state index in [0.29, 0.717) is 6.01 Å². The van der Waals surface area contributed by atoms with Crippen LogP contribution >= 0.6 is 11.8 Å². The molecule has 2 rings (SSSR count). The Labute approximate surface area is 94.2 Å². The lowest BCUT2D eigenvalue weighted by Crippen LogP contribution is -2.08. The van der Waals surface area contributed by atoms with Gasteiger partial charge in [-0.3, -0.25) is 0 Å². The van der Waals surface area contributed by atoms with Crippen molar-refractivity contribution in [1.82, 2.24) is 10.1 Å². The van der Waals surface area contributed by atoms with Crippen LogP contribution in [-0.4, -0.2) is 22.4 Å². The van der Waals surface area contributed by atoms with Crippen LogP contribution in [0, 0.1) is 0 Å². The van der Waals surface area contributed by atoms with Gasteiger partial charge in [-0.2, -0.15) is 16.7 Å². The molecule has 1 heterocycles. The van der Waals surface area contributed by atoms with Crippen LogP contribution in [0.5, 0.6) is 0 Å². The second kappa shape index (κ2) is 5.39. The topological polar surface area (TPSA) is 51.0 Å². The fraction of sp³-hybridized carbons (Fsp3) is 0.800. The zero-order valence-electron chi connectivity index (χ0n) is 9.03. The molecule has 15 heavy (non-hydrogen) atoms. The van der Waals surface area contributed by atoms with Gasteiger partial charge in [-0.25, -0.2) is 0 Å². The van der Waals surface area contributed by atoms with Gasteiger partial charge in [0.25, 0.3) is 0 Å². The summed E-state index contributed by atoms with van der Waals surface area (Å²) in [6, 6.07) is 0.509. The van der Waals surface area contributed by atoms with Gasteiger partial charge < -0.3 is 9.84 Å². The summed E-state index contributed by atoms with van der Waals surface area (Å²) in [6.07, 6.45) is 6.86. The van der Waals surface area contributed by atoms with Crippen molar-refractivity contribution in [3.05, 3.63) is 5.82 Å². The van der Waals surface area contributed by atoms with Gasteiger partial charge in [-0.1, -0.05) is 24.4 Å². The minimum Gasteiger partial charge on any atom is -0.341 e. The lowest BCUT2D eigenvalue weighted by atomic mass is 10.0. The van der Waals surface area contributed by atoms with Gasteiger partial charge in [0.1, 0.15) is 0 Å². The summed E-state index contributed by atoms with van der Waals surface area (Å²) in [5, 5.41) is 7.54. The van der Waals surface area contributed by atoms with E-state index in [-0.39, 0.29) is 0 Å². The van der Waals surface area contributed by atoms with E-state index in [1.807, 2.05) is 11.8 Å². The van der Waals surface area contributed by atoms with Gasteiger partial charge in [0.2, 0.25) is 0 Å².